The normalized spacial score (nSPS) is 25.9. The van der Waals surface area contributed by atoms with Gasteiger partial charge in [0.25, 0.3) is 0 Å². The minimum atomic E-state index is -3.64. The van der Waals surface area contributed by atoms with Crippen molar-refractivity contribution < 1.29 is 17.9 Å². The Morgan fingerprint density at radius 1 is 1.36 bits per heavy atom. The zero-order chi connectivity index (χ0) is 15.9. The molecule has 0 unspecified atom stereocenters. The molecular formula is C14H19N3O4S. The first kappa shape index (κ1) is 15.1. The van der Waals surface area contributed by atoms with Crippen molar-refractivity contribution in [1.82, 2.24) is 14.9 Å². The van der Waals surface area contributed by atoms with E-state index in [0.717, 1.165) is 0 Å². The second-order valence-electron chi connectivity index (χ2n) is 5.84. The standard InChI is InChI=1S/C14H19N3O4S/c1-9(2)15-14(18)17-7-10-12(8-17)21-11-5-3-4-6-13(11)22(19,20)16-10/h3-6,9-10,12,16H,7-8H2,1-2H3,(H,15,18)/t10-,12+/m1/s1. The van der Waals surface area contributed by atoms with Crippen LogP contribution in [0.2, 0.25) is 0 Å². The number of para-hydroxylation sites is 1. The number of nitrogens with zero attached hydrogens (tertiary/aromatic N) is 1. The average molecular weight is 325 g/mol. The molecule has 8 heteroatoms. The molecule has 1 fully saturated rings. The second-order valence-corrected chi connectivity index (χ2v) is 7.52. The Hall–Kier alpha value is -1.80. The van der Waals surface area contributed by atoms with Crippen LogP contribution in [0.5, 0.6) is 5.75 Å². The van der Waals surface area contributed by atoms with E-state index >= 15 is 0 Å². The van der Waals surface area contributed by atoms with Crippen molar-refractivity contribution in [3.63, 3.8) is 0 Å². The van der Waals surface area contributed by atoms with E-state index in [-0.39, 0.29) is 23.5 Å². The van der Waals surface area contributed by atoms with Gasteiger partial charge in [-0.1, -0.05) is 12.1 Å². The summed E-state index contributed by atoms with van der Waals surface area (Å²) in [5.41, 5.74) is 0. The third-order valence-electron chi connectivity index (χ3n) is 3.69. The number of urea groups is 1. The quantitative estimate of drug-likeness (QED) is 0.788. The lowest BCUT2D eigenvalue weighted by molar-refractivity contribution is 0.178. The number of hydrogen-bond donors (Lipinski definition) is 2. The van der Waals surface area contributed by atoms with Crippen LogP contribution in [0.3, 0.4) is 0 Å². The summed E-state index contributed by atoms with van der Waals surface area (Å²) in [5.74, 6) is 0.327. The van der Waals surface area contributed by atoms with Crippen LogP contribution in [0.1, 0.15) is 13.8 Å². The van der Waals surface area contributed by atoms with Gasteiger partial charge in [-0.15, -0.1) is 0 Å². The number of rotatable bonds is 1. The first-order valence-corrected chi connectivity index (χ1v) is 8.68. The van der Waals surface area contributed by atoms with Crippen molar-refractivity contribution in [3.05, 3.63) is 24.3 Å². The molecule has 7 nitrogen and oxygen atoms in total. The Morgan fingerprint density at radius 3 is 2.82 bits per heavy atom. The molecule has 2 amide bonds. The monoisotopic (exact) mass is 325 g/mol. The molecule has 0 radical (unpaired) electrons. The van der Waals surface area contributed by atoms with E-state index in [4.69, 9.17) is 4.74 Å². The molecule has 2 atom stereocenters. The predicted molar refractivity (Wildman–Crippen MR) is 80.2 cm³/mol. The third-order valence-corrected chi connectivity index (χ3v) is 5.22. The molecule has 3 rings (SSSR count). The van der Waals surface area contributed by atoms with Gasteiger partial charge in [0.1, 0.15) is 16.7 Å². The summed E-state index contributed by atoms with van der Waals surface area (Å²) < 4.78 is 33.2. The van der Waals surface area contributed by atoms with Crippen molar-refractivity contribution >= 4 is 16.1 Å². The Morgan fingerprint density at radius 2 is 2.09 bits per heavy atom. The minimum Gasteiger partial charge on any atom is -0.485 e. The highest BCUT2D eigenvalue weighted by atomic mass is 32.2. The van der Waals surface area contributed by atoms with Crippen LogP contribution < -0.4 is 14.8 Å². The summed E-state index contributed by atoms with van der Waals surface area (Å²) in [7, 11) is -3.64. The predicted octanol–water partition coefficient (Wildman–Crippen LogP) is 0.528. The Bertz CT molecular complexity index is 689. The van der Waals surface area contributed by atoms with Crippen LogP contribution in [0, 0.1) is 0 Å². The van der Waals surface area contributed by atoms with Crippen molar-refractivity contribution in [3.8, 4) is 5.75 Å². The van der Waals surface area contributed by atoms with Gasteiger partial charge in [0.2, 0.25) is 10.0 Å². The summed E-state index contributed by atoms with van der Waals surface area (Å²) in [6, 6.07) is 5.90. The molecule has 1 aromatic carbocycles. The zero-order valence-electron chi connectivity index (χ0n) is 12.4. The number of nitrogens with one attached hydrogen (secondary N) is 2. The lowest BCUT2D eigenvalue weighted by atomic mass is 10.2. The first-order valence-electron chi connectivity index (χ1n) is 7.20. The molecule has 1 aromatic rings. The van der Waals surface area contributed by atoms with E-state index in [1.54, 1.807) is 23.1 Å². The molecule has 22 heavy (non-hydrogen) atoms. The maximum Gasteiger partial charge on any atom is 0.317 e. The van der Waals surface area contributed by atoms with E-state index in [1.165, 1.54) is 6.07 Å². The summed E-state index contributed by atoms with van der Waals surface area (Å²) in [6.07, 6.45) is -0.392. The number of sulfonamides is 1. The Kier molecular flexibility index (Phi) is 3.73. The van der Waals surface area contributed by atoms with Crippen molar-refractivity contribution in [2.24, 2.45) is 0 Å². The third kappa shape index (κ3) is 2.76. The number of carbonyl (C=O) groups excluding carboxylic acids is 1. The first-order chi connectivity index (χ1) is 10.4. The van der Waals surface area contributed by atoms with Crippen molar-refractivity contribution in [2.45, 2.75) is 36.9 Å². The number of amides is 2. The highest BCUT2D eigenvalue weighted by Crippen LogP contribution is 2.30. The average Bonchev–Trinajstić information content (AvgIpc) is 2.76. The largest absolute Gasteiger partial charge is 0.485 e. The van der Waals surface area contributed by atoms with Crippen molar-refractivity contribution in [2.75, 3.05) is 13.1 Å². The molecule has 2 N–H and O–H groups in total. The van der Waals surface area contributed by atoms with Gasteiger partial charge in [-0.2, -0.15) is 0 Å². The SMILES string of the molecule is CC(C)NC(=O)N1C[C@@H]2Oc3ccccc3S(=O)(=O)N[C@@H]2C1. The molecule has 2 heterocycles. The Labute approximate surface area is 129 Å². The molecule has 2 aliphatic rings. The van der Waals surface area contributed by atoms with Gasteiger partial charge in [-0.05, 0) is 26.0 Å². The number of likely N-dealkylation sites (tertiary alicyclic amines) is 1. The topological polar surface area (TPSA) is 87.7 Å². The molecule has 120 valence electrons. The summed E-state index contributed by atoms with van der Waals surface area (Å²) >= 11 is 0. The highest BCUT2D eigenvalue weighted by molar-refractivity contribution is 7.89. The number of benzene rings is 1. The lowest BCUT2D eigenvalue weighted by Gasteiger charge is -2.19. The van der Waals surface area contributed by atoms with E-state index in [1.807, 2.05) is 13.8 Å². The molecule has 2 aliphatic heterocycles. The van der Waals surface area contributed by atoms with Crippen LogP contribution in [-0.2, 0) is 10.0 Å². The van der Waals surface area contributed by atoms with Crippen LogP contribution in [-0.4, -0.2) is 50.6 Å². The molecule has 1 saturated heterocycles. The minimum absolute atomic E-state index is 0.0243. The van der Waals surface area contributed by atoms with Gasteiger partial charge in [-0.25, -0.2) is 17.9 Å². The molecular weight excluding hydrogens is 306 g/mol. The molecule has 0 aromatic heterocycles. The van der Waals surface area contributed by atoms with Crippen LogP contribution in [0.4, 0.5) is 4.79 Å². The van der Waals surface area contributed by atoms with Crippen molar-refractivity contribution in [1.29, 1.82) is 0 Å². The van der Waals surface area contributed by atoms with Crippen LogP contribution in [0.15, 0.2) is 29.2 Å². The van der Waals surface area contributed by atoms with Gasteiger partial charge in [0, 0.05) is 12.6 Å². The smallest absolute Gasteiger partial charge is 0.317 e. The van der Waals surface area contributed by atoms with Gasteiger partial charge >= 0.3 is 6.03 Å². The molecule has 0 aliphatic carbocycles. The number of carbonyl (C=O) groups is 1. The summed E-state index contributed by atoms with van der Waals surface area (Å²) in [4.78, 5) is 13.8. The van der Waals surface area contributed by atoms with Crippen LogP contribution in [0.25, 0.3) is 0 Å². The fourth-order valence-electron chi connectivity index (χ4n) is 2.71. The van der Waals surface area contributed by atoms with E-state index < -0.39 is 22.2 Å². The second kappa shape index (κ2) is 5.44. The van der Waals surface area contributed by atoms with E-state index in [9.17, 15) is 13.2 Å². The number of ether oxygens (including phenoxy) is 1. The maximum atomic E-state index is 12.4. The van der Waals surface area contributed by atoms with Gasteiger partial charge in [-0.3, -0.25) is 0 Å². The number of hydrogen-bond acceptors (Lipinski definition) is 4. The van der Waals surface area contributed by atoms with Crippen LogP contribution >= 0.6 is 0 Å². The summed E-state index contributed by atoms with van der Waals surface area (Å²) in [6.45, 7) is 4.39. The maximum absolute atomic E-state index is 12.4. The zero-order valence-corrected chi connectivity index (χ0v) is 13.3. The highest BCUT2D eigenvalue weighted by Gasteiger charge is 2.42. The van der Waals surface area contributed by atoms with Gasteiger partial charge < -0.3 is 15.0 Å². The fraction of sp³-hybridized carbons (Fsp3) is 0.500. The van der Waals surface area contributed by atoms with Gasteiger partial charge in [0.05, 0.1) is 12.6 Å². The van der Waals surface area contributed by atoms with Gasteiger partial charge in [0.15, 0.2) is 0 Å². The lowest BCUT2D eigenvalue weighted by Crippen LogP contribution is -2.44. The summed E-state index contributed by atoms with van der Waals surface area (Å²) in [5, 5.41) is 2.80. The van der Waals surface area contributed by atoms with E-state index in [0.29, 0.717) is 12.3 Å². The number of fused-ring (bicyclic) bond motifs is 2. The molecule has 0 bridgehead atoms. The van der Waals surface area contributed by atoms with E-state index in [2.05, 4.69) is 10.0 Å². The molecule has 0 spiro atoms. The Balaban J connectivity index is 1.84. The molecule has 0 saturated carbocycles. The fourth-order valence-corrected chi connectivity index (χ4v) is 4.10.